The molecule has 56 valence electrons. The molecule has 2 N–H and O–H groups in total. The van der Waals surface area contributed by atoms with Crippen LogP contribution in [0.2, 0.25) is 0 Å². The van der Waals surface area contributed by atoms with Crippen LogP contribution in [0.25, 0.3) is 0 Å². The monoisotopic (exact) mass is 138 g/mol. The maximum absolute atomic E-state index is 3.27. The van der Waals surface area contributed by atoms with Gasteiger partial charge in [0.15, 0.2) is 0 Å². The fourth-order valence-electron chi connectivity index (χ4n) is 0.932. The van der Waals surface area contributed by atoms with Crippen LogP contribution in [0.4, 0.5) is 0 Å². The van der Waals surface area contributed by atoms with Crippen molar-refractivity contribution in [3.05, 3.63) is 23.5 Å². The van der Waals surface area contributed by atoms with E-state index in [2.05, 4.69) is 29.7 Å². The standard InChI is InChI=1S/C8H14N2/c1-7(9-2)6-8-4-3-5-10-8/h4,6,9-10H,3,5H2,1-2H3/b7-6+. The van der Waals surface area contributed by atoms with Gasteiger partial charge in [-0.2, -0.15) is 0 Å². The molecule has 10 heavy (non-hydrogen) atoms. The van der Waals surface area contributed by atoms with E-state index in [0.717, 1.165) is 13.0 Å². The van der Waals surface area contributed by atoms with E-state index in [9.17, 15) is 0 Å². The molecule has 0 aromatic carbocycles. The second-order valence-electron chi connectivity index (χ2n) is 2.45. The van der Waals surface area contributed by atoms with Crippen molar-refractivity contribution >= 4 is 0 Å². The zero-order valence-electron chi connectivity index (χ0n) is 6.57. The summed E-state index contributed by atoms with van der Waals surface area (Å²) in [5, 5.41) is 6.34. The summed E-state index contributed by atoms with van der Waals surface area (Å²) in [6, 6.07) is 0. The maximum atomic E-state index is 3.27. The second-order valence-corrected chi connectivity index (χ2v) is 2.45. The van der Waals surface area contributed by atoms with Gasteiger partial charge in [-0.1, -0.05) is 6.08 Å². The molecule has 2 heteroatoms. The highest BCUT2D eigenvalue weighted by molar-refractivity contribution is 5.22. The first kappa shape index (κ1) is 7.19. The molecule has 0 aliphatic carbocycles. The second kappa shape index (κ2) is 3.30. The Morgan fingerprint density at radius 1 is 1.80 bits per heavy atom. The third-order valence-electron chi connectivity index (χ3n) is 1.60. The summed E-state index contributed by atoms with van der Waals surface area (Å²) < 4.78 is 0. The van der Waals surface area contributed by atoms with Crippen LogP contribution in [0.15, 0.2) is 23.5 Å². The summed E-state index contributed by atoms with van der Waals surface area (Å²) in [6.45, 7) is 3.14. The Morgan fingerprint density at radius 3 is 3.10 bits per heavy atom. The molecule has 0 fully saturated rings. The van der Waals surface area contributed by atoms with E-state index in [1.54, 1.807) is 0 Å². The van der Waals surface area contributed by atoms with Crippen molar-refractivity contribution in [2.45, 2.75) is 13.3 Å². The minimum Gasteiger partial charge on any atom is -0.392 e. The van der Waals surface area contributed by atoms with E-state index in [0.29, 0.717) is 0 Å². The van der Waals surface area contributed by atoms with Gasteiger partial charge in [0.1, 0.15) is 0 Å². The van der Waals surface area contributed by atoms with Crippen molar-refractivity contribution in [1.82, 2.24) is 10.6 Å². The van der Waals surface area contributed by atoms with Crippen LogP contribution in [-0.4, -0.2) is 13.6 Å². The van der Waals surface area contributed by atoms with Crippen LogP contribution < -0.4 is 10.6 Å². The smallest absolute Gasteiger partial charge is 0.0317 e. The van der Waals surface area contributed by atoms with Crippen LogP contribution in [0.3, 0.4) is 0 Å². The van der Waals surface area contributed by atoms with Crippen molar-refractivity contribution < 1.29 is 0 Å². The number of hydrogen-bond acceptors (Lipinski definition) is 2. The van der Waals surface area contributed by atoms with Gasteiger partial charge in [0.05, 0.1) is 0 Å². The van der Waals surface area contributed by atoms with Crippen molar-refractivity contribution in [3.63, 3.8) is 0 Å². The Bertz CT molecular complexity index is 168. The molecular weight excluding hydrogens is 124 g/mol. The van der Waals surface area contributed by atoms with E-state index >= 15 is 0 Å². The summed E-state index contributed by atoms with van der Waals surface area (Å²) in [4.78, 5) is 0. The Labute approximate surface area is 62.0 Å². The van der Waals surface area contributed by atoms with E-state index in [4.69, 9.17) is 0 Å². The van der Waals surface area contributed by atoms with E-state index in [-0.39, 0.29) is 0 Å². The highest BCUT2D eigenvalue weighted by Gasteiger charge is 1.98. The van der Waals surface area contributed by atoms with Gasteiger partial charge in [0.2, 0.25) is 0 Å². The first-order valence-electron chi connectivity index (χ1n) is 3.63. The van der Waals surface area contributed by atoms with Gasteiger partial charge in [0.25, 0.3) is 0 Å². The molecule has 1 aliphatic rings. The van der Waals surface area contributed by atoms with Crippen LogP contribution in [0.5, 0.6) is 0 Å². The SMILES string of the molecule is CN/C(C)=C/C1=CCCN1. The van der Waals surface area contributed by atoms with Gasteiger partial charge < -0.3 is 10.6 Å². The predicted octanol–water partition coefficient (Wildman–Crippen LogP) is 0.987. The Hall–Kier alpha value is -0.920. The highest BCUT2D eigenvalue weighted by Crippen LogP contribution is 2.03. The third kappa shape index (κ3) is 1.79. The first-order valence-corrected chi connectivity index (χ1v) is 3.63. The fourth-order valence-corrected chi connectivity index (χ4v) is 0.932. The highest BCUT2D eigenvalue weighted by atomic mass is 14.9. The number of hydrogen-bond donors (Lipinski definition) is 2. The molecule has 0 bridgehead atoms. The summed E-state index contributed by atoms with van der Waals surface area (Å²) in [5.41, 5.74) is 2.44. The normalized spacial score (nSPS) is 18.2. The lowest BCUT2D eigenvalue weighted by atomic mass is 10.3. The van der Waals surface area contributed by atoms with Gasteiger partial charge in [-0.25, -0.2) is 0 Å². The topological polar surface area (TPSA) is 24.1 Å². The largest absolute Gasteiger partial charge is 0.392 e. The molecule has 1 rings (SSSR count). The van der Waals surface area contributed by atoms with Crippen LogP contribution in [0.1, 0.15) is 13.3 Å². The molecule has 0 spiro atoms. The van der Waals surface area contributed by atoms with Gasteiger partial charge in [-0.05, 0) is 19.4 Å². The van der Waals surface area contributed by atoms with Crippen LogP contribution in [-0.2, 0) is 0 Å². The summed E-state index contributed by atoms with van der Waals surface area (Å²) in [7, 11) is 1.93. The lowest BCUT2D eigenvalue weighted by Crippen LogP contribution is -2.08. The lowest BCUT2D eigenvalue weighted by molar-refractivity contribution is 0.884. The van der Waals surface area contributed by atoms with E-state index in [1.165, 1.54) is 11.4 Å². The van der Waals surface area contributed by atoms with E-state index in [1.807, 2.05) is 7.05 Å². The van der Waals surface area contributed by atoms with Crippen LogP contribution in [0, 0.1) is 0 Å². The average Bonchev–Trinajstić information content (AvgIpc) is 2.40. The zero-order valence-corrected chi connectivity index (χ0v) is 6.57. The van der Waals surface area contributed by atoms with Crippen molar-refractivity contribution in [2.75, 3.05) is 13.6 Å². The molecule has 2 nitrogen and oxygen atoms in total. The lowest BCUT2D eigenvalue weighted by Gasteiger charge is -2.00. The van der Waals surface area contributed by atoms with Gasteiger partial charge in [-0.3, -0.25) is 0 Å². The van der Waals surface area contributed by atoms with Gasteiger partial charge in [0, 0.05) is 25.0 Å². The number of allylic oxidation sites excluding steroid dienone is 2. The molecule has 0 aromatic heterocycles. The maximum Gasteiger partial charge on any atom is 0.0317 e. The minimum atomic E-state index is 1.09. The molecule has 0 saturated carbocycles. The molecule has 0 saturated heterocycles. The van der Waals surface area contributed by atoms with E-state index < -0.39 is 0 Å². The third-order valence-corrected chi connectivity index (χ3v) is 1.60. The van der Waals surface area contributed by atoms with Crippen molar-refractivity contribution in [3.8, 4) is 0 Å². The molecular formula is C8H14N2. The van der Waals surface area contributed by atoms with Crippen molar-refractivity contribution in [1.29, 1.82) is 0 Å². The number of nitrogens with one attached hydrogen (secondary N) is 2. The minimum absolute atomic E-state index is 1.09. The van der Waals surface area contributed by atoms with Crippen molar-refractivity contribution in [2.24, 2.45) is 0 Å². The average molecular weight is 138 g/mol. The molecule has 0 aromatic rings. The predicted molar refractivity (Wildman–Crippen MR) is 43.5 cm³/mol. The summed E-state index contributed by atoms with van der Waals surface area (Å²) in [5.74, 6) is 0. The first-order chi connectivity index (χ1) is 4.83. The molecule has 0 atom stereocenters. The zero-order chi connectivity index (χ0) is 7.40. The summed E-state index contributed by atoms with van der Waals surface area (Å²) >= 11 is 0. The Morgan fingerprint density at radius 2 is 2.60 bits per heavy atom. The fraction of sp³-hybridized carbons (Fsp3) is 0.500. The molecule has 1 heterocycles. The summed E-state index contributed by atoms with van der Waals surface area (Å²) in [6.07, 6.45) is 5.48. The van der Waals surface area contributed by atoms with Gasteiger partial charge in [-0.15, -0.1) is 0 Å². The molecule has 0 unspecified atom stereocenters. The quantitative estimate of drug-likeness (QED) is 0.594. The molecule has 0 radical (unpaired) electrons. The molecule has 1 aliphatic heterocycles. The Kier molecular flexibility index (Phi) is 2.37. The Balaban J connectivity index is 2.50. The molecule has 0 amide bonds. The van der Waals surface area contributed by atoms with Gasteiger partial charge >= 0.3 is 0 Å². The number of rotatable bonds is 2. The van der Waals surface area contributed by atoms with Crippen LogP contribution >= 0.6 is 0 Å².